The van der Waals surface area contributed by atoms with Crippen molar-refractivity contribution in [3.63, 3.8) is 0 Å². The van der Waals surface area contributed by atoms with E-state index in [2.05, 4.69) is 20.9 Å². The summed E-state index contributed by atoms with van der Waals surface area (Å²) in [4.78, 5) is 43.2. The average Bonchev–Trinajstić information content (AvgIpc) is 2.98. The summed E-state index contributed by atoms with van der Waals surface area (Å²) < 4.78 is 14.8. The topological polar surface area (TPSA) is 105 Å². The van der Waals surface area contributed by atoms with E-state index in [-0.39, 0.29) is 24.2 Å². The fourth-order valence-corrected chi connectivity index (χ4v) is 4.31. The summed E-state index contributed by atoms with van der Waals surface area (Å²) in [6.45, 7) is 1.69. The summed E-state index contributed by atoms with van der Waals surface area (Å²) in [6.07, 6.45) is 2.12. The van der Waals surface area contributed by atoms with Crippen molar-refractivity contribution in [1.29, 1.82) is 0 Å². The van der Waals surface area contributed by atoms with E-state index in [9.17, 15) is 18.8 Å². The molecule has 0 radical (unpaired) electrons. The minimum atomic E-state index is -0.641. The van der Waals surface area contributed by atoms with Gasteiger partial charge in [0.2, 0.25) is 11.8 Å². The molecule has 40 heavy (non-hydrogen) atoms. The molecule has 4 rings (SSSR count). The number of benzene rings is 3. The Morgan fingerprint density at radius 2 is 1.60 bits per heavy atom. The van der Waals surface area contributed by atoms with Crippen molar-refractivity contribution in [2.45, 2.75) is 31.8 Å². The molecular formula is C31H32FN5O3. The van der Waals surface area contributed by atoms with Gasteiger partial charge in [0.15, 0.2) is 5.82 Å². The zero-order valence-corrected chi connectivity index (χ0v) is 22.4. The number of hydrogen-bond acceptors (Lipinski definition) is 5. The van der Waals surface area contributed by atoms with Crippen LogP contribution in [0, 0.1) is 5.82 Å². The number of amides is 2. The molecule has 2 amide bonds. The lowest BCUT2D eigenvalue weighted by atomic mass is 9.92. The lowest BCUT2D eigenvalue weighted by Gasteiger charge is -2.20. The standard InChI is InChI=1S/C31H32FN5O3/c1-21(33-2)30(39)36-29-31(40)37(27(19-35-29)24-13-15-26(32)16-14-24)20-28(38)34-18-25(23-11-7-4-8-12-23)17-22-9-5-3-6-10-22/h3-16,19,21,25,33H,17-18,20H2,1-2H3,(H,34,38)(H,35,36,39)/t21-,25?/m0/s1. The van der Waals surface area contributed by atoms with Crippen molar-refractivity contribution in [1.82, 2.24) is 20.2 Å². The van der Waals surface area contributed by atoms with Crippen LogP contribution in [-0.4, -0.2) is 41.0 Å². The summed E-state index contributed by atoms with van der Waals surface area (Å²) in [5, 5.41) is 8.30. The highest BCUT2D eigenvalue weighted by atomic mass is 19.1. The normalized spacial score (nSPS) is 12.4. The zero-order valence-electron chi connectivity index (χ0n) is 22.4. The minimum absolute atomic E-state index is 0.0103. The third-order valence-corrected chi connectivity index (χ3v) is 6.71. The molecule has 3 N–H and O–H groups in total. The number of likely N-dealkylation sites (N-methyl/N-ethyl adjacent to an activating group) is 1. The van der Waals surface area contributed by atoms with E-state index in [0.717, 1.165) is 17.5 Å². The molecule has 1 unspecified atom stereocenters. The van der Waals surface area contributed by atoms with Crippen LogP contribution in [-0.2, 0) is 22.6 Å². The van der Waals surface area contributed by atoms with Gasteiger partial charge in [-0.1, -0.05) is 60.7 Å². The van der Waals surface area contributed by atoms with E-state index in [1.54, 1.807) is 14.0 Å². The van der Waals surface area contributed by atoms with Gasteiger partial charge < -0.3 is 16.0 Å². The molecule has 0 aliphatic heterocycles. The highest BCUT2D eigenvalue weighted by Crippen LogP contribution is 2.21. The summed E-state index contributed by atoms with van der Waals surface area (Å²) in [6, 6.07) is 24.9. The Kier molecular flexibility index (Phi) is 9.53. The predicted octanol–water partition coefficient (Wildman–Crippen LogP) is 3.74. The van der Waals surface area contributed by atoms with Gasteiger partial charge >= 0.3 is 0 Å². The van der Waals surface area contributed by atoms with Crippen LogP contribution in [0.2, 0.25) is 0 Å². The maximum atomic E-state index is 13.6. The smallest absolute Gasteiger partial charge is 0.294 e. The molecule has 3 aromatic carbocycles. The first kappa shape index (κ1) is 28.4. The Morgan fingerprint density at radius 1 is 0.950 bits per heavy atom. The van der Waals surface area contributed by atoms with Gasteiger partial charge in [-0.3, -0.25) is 19.0 Å². The van der Waals surface area contributed by atoms with Crippen LogP contribution < -0.4 is 21.5 Å². The molecule has 4 aromatic rings. The molecular weight excluding hydrogens is 509 g/mol. The third kappa shape index (κ3) is 7.27. The van der Waals surface area contributed by atoms with Gasteiger partial charge in [0.25, 0.3) is 5.56 Å². The second kappa shape index (κ2) is 13.4. The van der Waals surface area contributed by atoms with Crippen LogP contribution in [0.5, 0.6) is 0 Å². The average molecular weight is 542 g/mol. The predicted molar refractivity (Wildman–Crippen MR) is 153 cm³/mol. The zero-order chi connectivity index (χ0) is 28.5. The van der Waals surface area contributed by atoms with Crippen molar-refractivity contribution >= 4 is 17.6 Å². The first-order chi connectivity index (χ1) is 19.4. The van der Waals surface area contributed by atoms with E-state index in [1.807, 2.05) is 60.7 Å². The SMILES string of the molecule is CN[C@@H](C)C(=O)Nc1ncc(-c2ccc(F)cc2)n(CC(=O)NCC(Cc2ccccc2)c2ccccc2)c1=O. The Bertz CT molecular complexity index is 1490. The Hall–Kier alpha value is -4.63. The molecule has 0 spiro atoms. The molecule has 206 valence electrons. The monoisotopic (exact) mass is 541 g/mol. The number of carbonyl (C=O) groups excluding carboxylic acids is 2. The van der Waals surface area contributed by atoms with Crippen molar-refractivity contribution in [2.24, 2.45) is 0 Å². The maximum Gasteiger partial charge on any atom is 0.294 e. The van der Waals surface area contributed by atoms with Gasteiger partial charge in [0.1, 0.15) is 12.4 Å². The molecule has 8 nitrogen and oxygen atoms in total. The molecule has 1 heterocycles. The Labute approximate surface area is 232 Å². The summed E-state index contributed by atoms with van der Waals surface area (Å²) in [5.74, 6) is -1.44. The number of nitrogens with zero attached hydrogens (tertiary/aromatic N) is 2. The first-order valence-corrected chi connectivity index (χ1v) is 13.0. The lowest BCUT2D eigenvalue weighted by molar-refractivity contribution is -0.121. The molecule has 0 aliphatic carbocycles. The fraction of sp³-hybridized carbons (Fsp3) is 0.226. The van der Waals surface area contributed by atoms with Gasteiger partial charge in [-0.05, 0) is 55.8 Å². The molecule has 0 bridgehead atoms. The molecule has 0 saturated heterocycles. The number of halogens is 1. The van der Waals surface area contributed by atoms with Crippen LogP contribution >= 0.6 is 0 Å². The number of aromatic nitrogens is 2. The number of anilines is 1. The fourth-order valence-electron chi connectivity index (χ4n) is 4.31. The van der Waals surface area contributed by atoms with Gasteiger partial charge in [0, 0.05) is 18.0 Å². The molecule has 0 saturated carbocycles. The van der Waals surface area contributed by atoms with Crippen LogP contribution in [0.15, 0.2) is 95.9 Å². The molecule has 0 fully saturated rings. The Morgan fingerprint density at radius 3 is 2.25 bits per heavy atom. The molecule has 9 heteroatoms. The lowest BCUT2D eigenvalue weighted by Crippen LogP contribution is -2.39. The van der Waals surface area contributed by atoms with E-state index in [0.29, 0.717) is 17.8 Å². The summed E-state index contributed by atoms with van der Waals surface area (Å²) in [7, 11) is 1.62. The van der Waals surface area contributed by atoms with Crippen molar-refractivity contribution in [3.05, 3.63) is 118 Å². The highest BCUT2D eigenvalue weighted by Gasteiger charge is 2.20. The van der Waals surface area contributed by atoms with E-state index in [1.165, 1.54) is 35.0 Å². The number of nitrogens with one attached hydrogen (secondary N) is 3. The summed E-state index contributed by atoms with van der Waals surface area (Å²) >= 11 is 0. The van der Waals surface area contributed by atoms with Gasteiger partial charge in [-0.15, -0.1) is 0 Å². The second-order valence-electron chi connectivity index (χ2n) is 9.49. The van der Waals surface area contributed by atoms with E-state index in [4.69, 9.17) is 0 Å². The van der Waals surface area contributed by atoms with Gasteiger partial charge in [-0.25, -0.2) is 9.37 Å². The van der Waals surface area contributed by atoms with Crippen LogP contribution in [0.1, 0.15) is 24.0 Å². The van der Waals surface area contributed by atoms with E-state index >= 15 is 0 Å². The van der Waals surface area contributed by atoms with Crippen LogP contribution in [0.3, 0.4) is 0 Å². The highest BCUT2D eigenvalue weighted by molar-refractivity contribution is 5.93. The van der Waals surface area contributed by atoms with Gasteiger partial charge in [-0.2, -0.15) is 0 Å². The largest absolute Gasteiger partial charge is 0.354 e. The molecule has 2 atom stereocenters. The maximum absolute atomic E-state index is 13.6. The second-order valence-corrected chi connectivity index (χ2v) is 9.49. The first-order valence-electron chi connectivity index (χ1n) is 13.0. The minimum Gasteiger partial charge on any atom is -0.354 e. The molecule has 0 aliphatic rings. The van der Waals surface area contributed by atoms with Crippen molar-refractivity contribution < 1.29 is 14.0 Å². The van der Waals surface area contributed by atoms with Gasteiger partial charge in [0.05, 0.1) is 17.9 Å². The number of hydrogen-bond donors (Lipinski definition) is 3. The number of carbonyl (C=O) groups is 2. The van der Waals surface area contributed by atoms with Crippen molar-refractivity contribution in [3.8, 4) is 11.3 Å². The quantitative estimate of drug-likeness (QED) is 0.268. The summed E-state index contributed by atoms with van der Waals surface area (Å²) in [5.41, 5.74) is 2.42. The third-order valence-electron chi connectivity index (χ3n) is 6.71. The number of rotatable bonds is 11. The van der Waals surface area contributed by atoms with Crippen molar-refractivity contribution in [2.75, 3.05) is 18.9 Å². The molecule has 1 aromatic heterocycles. The van der Waals surface area contributed by atoms with E-state index < -0.39 is 23.3 Å². The van der Waals surface area contributed by atoms with Crippen LogP contribution in [0.4, 0.5) is 10.2 Å². The van der Waals surface area contributed by atoms with Crippen LogP contribution in [0.25, 0.3) is 11.3 Å². The Balaban J connectivity index is 1.58.